The molecular weight excluding hydrogens is 399 g/mol. The smallest absolute Gasteiger partial charge is 0.416 e. The molecule has 1 amide bonds. The van der Waals surface area contributed by atoms with Gasteiger partial charge in [0.25, 0.3) is 5.91 Å². The average Bonchev–Trinajstić information content (AvgIpc) is 3.18. The largest absolute Gasteiger partial charge is 0.466 e. The number of aryl methyl sites for hydroxylation is 2. The third-order valence-electron chi connectivity index (χ3n) is 3.53. The molecule has 0 aliphatic heterocycles. The standard InChI is InChI=1S/C17H14F3N3O2S2/c1-9-6-13(10(2)25-9)14(24)21-15-22-23-16(27-15)26-8-11-4-3-5-12(7-11)17(18,19)20/h3-7H,8H2,1-2H3,(H,21,22,24). The molecule has 0 unspecified atom stereocenters. The molecule has 0 aliphatic carbocycles. The number of carbonyl (C=O) groups excluding carboxylic acids is 1. The fourth-order valence-corrected chi connectivity index (χ4v) is 4.01. The van der Waals surface area contributed by atoms with E-state index in [2.05, 4.69) is 15.5 Å². The Morgan fingerprint density at radius 3 is 2.70 bits per heavy atom. The number of nitrogens with one attached hydrogen (secondary N) is 1. The summed E-state index contributed by atoms with van der Waals surface area (Å²) in [5.74, 6) is 1.10. The number of carbonyl (C=O) groups is 1. The summed E-state index contributed by atoms with van der Waals surface area (Å²) in [6.45, 7) is 3.44. The summed E-state index contributed by atoms with van der Waals surface area (Å²) in [6, 6.07) is 6.78. The Kier molecular flexibility index (Phi) is 5.56. The van der Waals surface area contributed by atoms with E-state index in [4.69, 9.17) is 4.42 Å². The number of alkyl halides is 3. The number of furan rings is 1. The number of aromatic nitrogens is 2. The number of rotatable bonds is 5. The van der Waals surface area contributed by atoms with Gasteiger partial charge in [0.15, 0.2) is 4.34 Å². The van der Waals surface area contributed by atoms with Crippen LogP contribution in [0.1, 0.15) is 33.0 Å². The summed E-state index contributed by atoms with van der Waals surface area (Å²) in [5.41, 5.74) is 0.262. The molecule has 0 saturated carbocycles. The van der Waals surface area contributed by atoms with Crippen LogP contribution in [0.15, 0.2) is 39.1 Å². The maximum atomic E-state index is 12.8. The molecule has 0 atom stereocenters. The maximum absolute atomic E-state index is 12.8. The van der Waals surface area contributed by atoms with Gasteiger partial charge in [0.1, 0.15) is 11.5 Å². The van der Waals surface area contributed by atoms with E-state index in [-0.39, 0.29) is 5.91 Å². The molecule has 142 valence electrons. The topological polar surface area (TPSA) is 68.0 Å². The molecular formula is C17H14F3N3O2S2. The first-order valence-corrected chi connectivity index (χ1v) is 9.53. The van der Waals surface area contributed by atoms with Crippen molar-refractivity contribution >= 4 is 34.1 Å². The van der Waals surface area contributed by atoms with Crippen molar-refractivity contribution < 1.29 is 22.4 Å². The highest BCUT2D eigenvalue weighted by Gasteiger charge is 2.30. The van der Waals surface area contributed by atoms with Gasteiger partial charge >= 0.3 is 6.18 Å². The van der Waals surface area contributed by atoms with Gasteiger partial charge in [-0.1, -0.05) is 41.3 Å². The molecule has 10 heteroatoms. The third-order valence-corrected chi connectivity index (χ3v) is 5.57. The number of anilines is 1. The van der Waals surface area contributed by atoms with Crippen LogP contribution in [0.3, 0.4) is 0 Å². The Balaban J connectivity index is 1.61. The quantitative estimate of drug-likeness (QED) is 0.453. The molecule has 5 nitrogen and oxygen atoms in total. The zero-order chi connectivity index (χ0) is 19.6. The van der Waals surface area contributed by atoms with E-state index < -0.39 is 11.7 Å². The molecule has 3 aromatic rings. The summed E-state index contributed by atoms with van der Waals surface area (Å²) in [4.78, 5) is 12.2. The van der Waals surface area contributed by atoms with Gasteiger partial charge in [-0.05, 0) is 31.5 Å². The van der Waals surface area contributed by atoms with E-state index in [9.17, 15) is 18.0 Å². The lowest BCUT2D eigenvalue weighted by Crippen LogP contribution is -2.11. The molecule has 1 N–H and O–H groups in total. The number of halogens is 3. The Morgan fingerprint density at radius 2 is 2.04 bits per heavy atom. The number of nitrogens with zero attached hydrogens (tertiary/aromatic N) is 2. The number of hydrogen-bond acceptors (Lipinski definition) is 6. The van der Waals surface area contributed by atoms with Crippen LogP contribution < -0.4 is 5.32 Å². The highest BCUT2D eigenvalue weighted by Crippen LogP contribution is 2.32. The monoisotopic (exact) mass is 413 g/mol. The summed E-state index contributed by atoms with van der Waals surface area (Å²) < 4.78 is 44.1. The molecule has 0 aliphatic rings. The highest BCUT2D eigenvalue weighted by atomic mass is 32.2. The minimum absolute atomic E-state index is 0.310. The third kappa shape index (κ3) is 4.89. The van der Waals surface area contributed by atoms with E-state index >= 15 is 0 Å². The van der Waals surface area contributed by atoms with Crippen LogP contribution in [-0.4, -0.2) is 16.1 Å². The van der Waals surface area contributed by atoms with Crippen LogP contribution in [0.2, 0.25) is 0 Å². The molecule has 2 aromatic heterocycles. The first-order valence-electron chi connectivity index (χ1n) is 7.73. The van der Waals surface area contributed by atoms with Crippen molar-refractivity contribution in [2.24, 2.45) is 0 Å². The second-order valence-electron chi connectivity index (χ2n) is 5.64. The Bertz CT molecular complexity index is 966. The van der Waals surface area contributed by atoms with Gasteiger partial charge in [0.2, 0.25) is 5.13 Å². The first-order chi connectivity index (χ1) is 12.7. The minimum Gasteiger partial charge on any atom is -0.466 e. The van der Waals surface area contributed by atoms with E-state index in [1.165, 1.54) is 17.8 Å². The molecule has 0 fully saturated rings. The van der Waals surface area contributed by atoms with Gasteiger partial charge in [-0.3, -0.25) is 10.1 Å². The Morgan fingerprint density at radius 1 is 1.26 bits per heavy atom. The molecule has 3 rings (SSSR count). The van der Waals surface area contributed by atoms with Crippen molar-refractivity contribution in [3.8, 4) is 0 Å². The fraction of sp³-hybridized carbons (Fsp3) is 0.235. The van der Waals surface area contributed by atoms with Crippen molar-refractivity contribution in [2.75, 3.05) is 5.32 Å². The van der Waals surface area contributed by atoms with E-state index in [0.717, 1.165) is 23.5 Å². The van der Waals surface area contributed by atoms with Crippen LogP contribution in [0.5, 0.6) is 0 Å². The Hall–Kier alpha value is -2.33. The minimum atomic E-state index is -4.37. The van der Waals surface area contributed by atoms with Crippen molar-refractivity contribution in [3.63, 3.8) is 0 Å². The molecule has 2 heterocycles. The predicted octanol–water partition coefficient (Wildman–Crippen LogP) is 5.31. The van der Waals surface area contributed by atoms with E-state index in [1.54, 1.807) is 26.0 Å². The molecule has 27 heavy (non-hydrogen) atoms. The molecule has 0 bridgehead atoms. The summed E-state index contributed by atoms with van der Waals surface area (Å²) in [6.07, 6.45) is -4.37. The molecule has 0 spiro atoms. The zero-order valence-electron chi connectivity index (χ0n) is 14.3. The van der Waals surface area contributed by atoms with Crippen LogP contribution >= 0.6 is 23.1 Å². The number of thioether (sulfide) groups is 1. The van der Waals surface area contributed by atoms with Crippen LogP contribution in [0.25, 0.3) is 0 Å². The average molecular weight is 413 g/mol. The summed E-state index contributed by atoms with van der Waals surface area (Å²) >= 11 is 2.41. The highest BCUT2D eigenvalue weighted by molar-refractivity contribution is 8.00. The van der Waals surface area contributed by atoms with Crippen molar-refractivity contribution in [2.45, 2.75) is 30.1 Å². The molecule has 0 radical (unpaired) electrons. The van der Waals surface area contributed by atoms with Gasteiger partial charge in [0.05, 0.1) is 11.1 Å². The van der Waals surface area contributed by atoms with Crippen LogP contribution in [0, 0.1) is 13.8 Å². The van der Waals surface area contributed by atoms with Crippen molar-refractivity contribution in [1.29, 1.82) is 0 Å². The van der Waals surface area contributed by atoms with E-state index in [1.807, 2.05) is 0 Å². The predicted molar refractivity (Wildman–Crippen MR) is 97.0 cm³/mol. The zero-order valence-corrected chi connectivity index (χ0v) is 15.9. The lowest BCUT2D eigenvalue weighted by Gasteiger charge is -2.07. The first kappa shape index (κ1) is 19.4. The van der Waals surface area contributed by atoms with Crippen LogP contribution in [-0.2, 0) is 11.9 Å². The molecule has 1 aromatic carbocycles. The summed E-state index contributed by atoms with van der Waals surface area (Å²) in [5, 5.41) is 10.8. The van der Waals surface area contributed by atoms with Gasteiger partial charge < -0.3 is 4.42 Å². The van der Waals surface area contributed by atoms with Crippen molar-refractivity contribution in [3.05, 3.63) is 58.5 Å². The second-order valence-corrected chi connectivity index (χ2v) is 7.84. The van der Waals surface area contributed by atoms with Gasteiger partial charge in [-0.15, -0.1) is 10.2 Å². The normalized spacial score (nSPS) is 11.6. The van der Waals surface area contributed by atoms with Gasteiger partial charge in [-0.2, -0.15) is 13.2 Å². The number of amides is 1. The van der Waals surface area contributed by atoms with Crippen LogP contribution in [0.4, 0.5) is 18.3 Å². The molecule has 0 saturated heterocycles. The lowest BCUT2D eigenvalue weighted by molar-refractivity contribution is -0.137. The second kappa shape index (κ2) is 7.73. The van der Waals surface area contributed by atoms with Crippen molar-refractivity contribution in [1.82, 2.24) is 10.2 Å². The van der Waals surface area contributed by atoms with Gasteiger partial charge in [0, 0.05) is 5.75 Å². The number of hydrogen-bond donors (Lipinski definition) is 1. The van der Waals surface area contributed by atoms with Gasteiger partial charge in [-0.25, -0.2) is 0 Å². The maximum Gasteiger partial charge on any atom is 0.416 e. The number of benzene rings is 1. The Labute approximate surface area is 161 Å². The SMILES string of the molecule is Cc1cc(C(=O)Nc2nnc(SCc3cccc(C(F)(F)F)c3)s2)c(C)o1. The summed E-state index contributed by atoms with van der Waals surface area (Å²) in [7, 11) is 0. The lowest BCUT2D eigenvalue weighted by atomic mass is 10.1. The van der Waals surface area contributed by atoms with E-state index in [0.29, 0.717) is 37.9 Å². The fourth-order valence-electron chi connectivity index (χ4n) is 2.32.